The largest absolute Gasteiger partial charge is 0.322 e. The van der Waals surface area contributed by atoms with Crippen LogP contribution in [0, 0.1) is 5.82 Å². The van der Waals surface area contributed by atoms with Gasteiger partial charge in [-0.3, -0.25) is 20.4 Å². The van der Waals surface area contributed by atoms with Gasteiger partial charge in [0, 0.05) is 12.4 Å². The van der Waals surface area contributed by atoms with Crippen molar-refractivity contribution < 1.29 is 14.0 Å². The van der Waals surface area contributed by atoms with Gasteiger partial charge in [0.25, 0.3) is 11.8 Å². The van der Waals surface area contributed by atoms with Gasteiger partial charge in [0.05, 0.1) is 11.3 Å². The van der Waals surface area contributed by atoms with Crippen LogP contribution in [0.25, 0.3) is 5.69 Å². The van der Waals surface area contributed by atoms with E-state index in [1.54, 1.807) is 22.1 Å². The lowest BCUT2D eigenvalue weighted by Gasteiger charge is -2.09. The second-order valence-corrected chi connectivity index (χ2v) is 5.53. The van der Waals surface area contributed by atoms with Gasteiger partial charge in [0.15, 0.2) is 0 Å². The normalized spacial score (nSPS) is 10.3. The number of hydrazine groups is 1. The molecule has 2 aromatic heterocycles. The number of amides is 2. The topological polar surface area (TPSA) is 63.1 Å². The second kappa shape index (κ2) is 6.45. The van der Waals surface area contributed by atoms with Crippen LogP contribution >= 0.6 is 11.3 Å². The highest BCUT2D eigenvalue weighted by Gasteiger charge is 2.16. The van der Waals surface area contributed by atoms with E-state index in [-0.39, 0.29) is 5.56 Å². The van der Waals surface area contributed by atoms with Gasteiger partial charge in [-0.15, -0.1) is 11.3 Å². The number of carbonyl (C=O) groups excluding carboxylic acids is 2. The number of rotatable bonds is 3. The number of benzene rings is 1. The molecule has 23 heavy (non-hydrogen) atoms. The van der Waals surface area contributed by atoms with E-state index in [0.29, 0.717) is 10.6 Å². The molecule has 5 nitrogen and oxygen atoms in total. The fourth-order valence-corrected chi connectivity index (χ4v) is 2.84. The van der Waals surface area contributed by atoms with Crippen molar-refractivity contribution in [3.05, 3.63) is 76.5 Å². The van der Waals surface area contributed by atoms with E-state index in [4.69, 9.17) is 0 Å². The Kier molecular flexibility index (Phi) is 4.20. The Morgan fingerprint density at radius 2 is 1.65 bits per heavy atom. The zero-order chi connectivity index (χ0) is 16.2. The second-order valence-electron chi connectivity index (χ2n) is 4.61. The summed E-state index contributed by atoms with van der Waals surface area (Å²) in [6.45, 7) is 0. The van der Waals surface area contributed by atoms with Crippen LogP contribution in [-0.4, -0.2) is 16.4 Å². The van der Waals surface area contributed by atoms with Crippen LogP contribution in [0.4, 0.5) is 4.39 Å². The molecule has 0 radical (unpaired) electrons. The van der Waals surface area contributed by atoms with E-state index >= 15 is 0 Å². The van der Waals surface area contributed by atoms with Gasteiger partial charge in [-0.05, 0) is 35.7 Å². The Bertz CT molecular complexity index is 843. The number of hydrogen-bond donors (Lipinski definition) is 2. The number of carbonyl (C=O) groups is 2. The van der Waals surface area contributed by atoms with Gasteiger partial charge in [-0.1, -0.05) is 12.1 Å². The fraction of sp³-hybridized carbons (Fsp3) is 0. The number of nitrogens with one attached hydrogen (secondary N) is 2. The summed E-state index contributed by atoms with van der Waals surface area (Å²) < 4.78 is 15.3. The number of aromatic nitrogens is 1. The third-order valence-corrected chi connectivity index (χ3v) is 4.04. The highest BCUT2D eigenvalue weighted by molar-refractivity contribution is 7.12. The van der Waals surface area contributed by atoms with Gasteiger partial charge >= 0.3 is 0 Å². The first kappa shape index (κ1) is 15.0. The molecule has 0 bridgehead atoms. The molecule has 3 aromatic rings. The van der Waals surface area contributed by atoms with Crippen LogP contribution in [0.1, 0.15) is 20.0 Å². The lowest BCUT2D eigenvalue weighted by molar-refractivity contribution is 0.0846. The van der Waals surface area contributed by atoms with E-state index in [0.717, 1.165) is 0 Å². The molecule has 2 amide bonds. The van der Waals surface area contributed by atoms with Gasteiger partial charge in [0.2, 0.25) is 0 Å². The van der Waals surface area contributed by atoms with Crippen LogP contribution in [-0.2, 0) is 0 Å². The standard InChI is InChI=1S/C16H12FN3O2S/c17-12-6-2-1-5-11(12)15(21)18-19-16(22)14-13(7-10-23-14)20-8-3-4-9-20/h1-10H,(H,18,21)(H,19,22). The van der Waals surface area contributed by atoms with Crippen LogP contribution in [0.3, 0.4) is 0 Å². The fourth-order valence-electron chi connectivity index (χ4n) is 2.05. The molecular formula is C16H12FN3O2S. The lowest BCUT2D eigenvalue weighted by atomic mass is 10.2. The highest BCUT2D eigenvalue weighted by atomic mass is 32.1. The number of thiophene rings is 1. The minimum absolute atomic E-state index is 0.135. The Labute approximate surface area is 135 Å². The molecule has 0 spiro atoms. The molecule has 1 aromatic carbocycles. The van der Waals surface area contributed by atoms with Crippen LogP contribution in [0.5, 0.6) is 0 Å². The SMILES string of the molecule is O=C(NNC(=O)c1sccc1-n1cccc1)c1ccccc1F. The minimum atomic E-state index is -0.712. The monoisotopic (exact) mass is 329 g/mol. The Hall–Kier alpha value is -2.93. The molecular weight excluding hydrogens is 317 g/mol. The van der Waals surface area contributed by atoms with Crippen molar-refractivity contribution in [2.75, 3.05) is 0 Å². The molecule has 0 aliphatic carbocycles. The molecule has 2 N–H and O–H groups in total. The Morgan fingerprint density at radius 1 is 0.957 bits per heavy atom. The summed E-state index contributed by atoms with van der Waals surface area (Å²) in [6.07, 6.45) is 3.63. The smallest absolute Gasteiger partial charge is 0.281 e. The van der Waals surface area contributed by atoms with Crippen LogP contribution < -0.4 is 10.9 Å². The van der Waals surface area contributed by atoms with E-state index in [2.05, 4.69) is 10.9 Å². The van der Waals surface area contributed by atoms with Crippen molar-refractivity contribution in [2.24, 2.45) is 0 Å². The quantitative estimate of drug-likeness (QED) is 0.726. The van der Waals surface area contributed by atoms with E-state index in [1.807, 2.05) is 24.5 Å². The summed E-state index contributed by atoms with van der Waals surface area (Å²) in [7, 11) is 0. The molecule has 0 saturated heterocycles. The maximum atomic E-state index is 13.5. The molecule has 116 valence electrons. The average Bonchev–Trinajstić information content (AvgIpc) is 3.23. The van der Waals surface area contributed by atoms with E-state index < -0.39 is 17.6 Å². The van der Waals surface area contributed by atoms with Crippen molar-refractivity contribution in [3.63, 3.8) is 0 Å². The van der Waals surface area contributed by atoms with Crippen molar-refractivity contribution in [1.82, 2.24) is 15.4 Å². The van der Waals surface area contributed by atoms with Gasteiger partial charge < -0.3 is 4.57 Å². The molecule has 0 atom stereocenters. The molecule has 3 rings (SSSR count). The van der Waals surface area contributed by atoms with Gasteiger partial charge in [-0.2, -0.15) is 0 Å². The summed E-state index contributed by atoms with van der Waals surface area (Å²) in [5.74, 6) is -1.83. The van der Waals surface area contributed by atoms with E-state index in [9.17, 15) is 14.0 Å². The number of halogens is 1. The summed E-state index contributed by atoms with van der Waals surface area (Å²) >= 11 is 1.25. The van der Waals surface area contributed by atoms with Crippen LogP contribution in [0.15, 0.2) is 60.2 Å². The first-order chi connectivity index (χ1) is 11.2. The van der Waals surface area contributed by atoms with E-state index in [1.165, 1.54) is 29.5 Å². The highest BCUT2D eigenvalue weighted by Crippen LogP contribution is 2.21. The predicted octanol–water partition coefficient (Wildman–Crippen LogP) is 2.75. The zero-order valence-electron chi connectivity index (χ0n) is 11.8. The predicted molar refractivity (Wildman–Crippen MR) is 85.0 cm³/mol. The van der Waals surface area contributed by atoms with Crippen molar-refractivity contribution in [3.8, 4) is 5.69 Å². The first-order valence-corrected chi connectivity index (χ1v) is 7.61. The summed E-state index contributed by atoms with van der Waals surface area (Å²) in [4.78, 5) is 24.5. The molecule has 0 aliphatic rings. The van der Waals surface area contributed by atoms with Crippen molar-refractivity contribution in [1.29, 1.82) is 0 Å². The summed E-state index contributed by atoms with van der Waals surface area (Å²) in [6, 6.07) is 11.0. The zero-order valence-corrected chi connectivity index (χ0v) is 12.6. The van der Waals surface area contributed by atoms with Gasteiger partial charge in [-0.25, -0.2) is 4.39 Å². The maximum Gasteiger partial charge on any atom is 0.281 e. The Balaban J connectivity index is 1.70. The molecule has 0 unspecified atom stereocenters. The number of hydrogen-bond acceptors (Lipinski definition) is 3. The molecule has 2 heterocycles. The van der Waals surface area contributed by atoms with Crippen molar-refractivity contribution >= 4 is 23.2 Å². The molecule has 0 fully saturated rings. The third-order valence-electron chi connectivity index (χ3n) is 3.14. The van der Waals surface area contributed by atoms with Gasteiger partial charge in [0.1, 0.15) is 10.7 Å². The Morgan fingerprint density at radius 3 is 2.39 bits per heavy atom. The summed E-state index contributed by atoms with van der Waals surface area (Å²) in [5.41, 5.74) is 5.10. The number of nitrogens with zero attached hydrogens (tertiary/aromatic N) is 1. The van der Waals surface area contributed by atoms with Crippen LogP contribution in [0.2, 0.25) is 0 Å². The maximum absolute atomic E-state index is 13.5. The molecule has 0 saturated carbocycles. The average molecular weight is 329 g/mol. The molecule has 0 aliphatic heterocycles. The molecule has 7 heteroatoms. The lowest BCUT2D eigenvalue weighted by Crippen LogP contribution is -2.41. The summed E-state index contributed by atoms with van der Waals surface area (Å²) in [5, 5.41) is 1.78. The van der Waals surface area contributed by atoms with Crippen molar-refractivity contribution in [2.45, 2.75) is 0 Å². The third kappa shape index (κ3) is 3.14. The first-order valence-electron chi connectivity index (χ1n) is 6.73. The minimum Gasteiger partial charge on any atom is -0.322 e.